The van der Waals surface area contributed by atoms with Crippen LogP contribution in [-0.4, -0.2) is 55.7 Å². The molecule has 0 heterocycles. The van der Waals surface area contributed by atoms with Gasteiger partial charge in [0.1, 0.15) is 12.6 Å². The van der Waals surface area contributed by atoms with Crippen LogP contribution in [0.1, 0.15) is 12.5 Å². The highest BCUT2D eigenvalue weighted by Gasteiger charge is 2.30. The molecular formula is C16H22N2O7. The first kappa shape index (κ1) is 20.4. The maximum absolute atomic E-state index is 12.2. The number of carbonyl (C=O) groups is 3. The van der Waals surface area contributed by atoms with Crippen molar-refractivity contribution in [3.63, 3.8) is 0 Å². The molecule has 1 aromatic rings. The lowest BCUT2D eigenvalue weighted by Crippen LogP contribution is -2.56. The van der Waals surface area contributed by atoms with Gasteiger partial charge >= 0.3 is 12.1 Å². The normalized spacial score (nSPS) is 13.9. The van der Waals surface area contributed by atoms with Crippen molar-refractivity contribution in [1.82, 2.24) is 10.6 Å². The highest BCUT2D eigenvalue weighted by molar-refractivity contribution is 5.89. The number of aliphatic hydroxyl groups excluding tert-OH is 1. The van der Waals surface area contributed by atoms with Crippen LogP contribution < -0.4 is 10.6 Å². The number of rotatable bonds is 8. The zero-order valence-electron chi connectivity index (χ0n) is 14.2. The number of methoxy groups -OCH3 is 2. The maximum Gasteiger partial charge on any atom is 0.408 e. The number of esters is 1. The summed E-state index contributed by atoms with van der Waals surface area (Å²) in [5.74, 6) is -1.66. The molecule has 0 aliphatic carbocycles. The van der Waals surface area contributed by atoms with E-state index < -0.39 is 36.3 Å². The van der Waals surface area contributed by atoms with E-state index in [4.69, 9.17) is 9.47 Å². The smallest absolute Gasteiger partial charge is 0.408 e. The molecule has 0 aliphatic rings. The Bertz CT molecular complexity index is 577. The van der Waals surface area contributed by atoms with Gasteiger partial charge in [0.15, 0.2) is 0 Å². The van der Waals surface area contributed by atoms with Gasteiger partial charge < -0.3 is 30.0 Å². The number of hydrogen-bond donors (Lipinski definition) is 3. The fraction of sp³-hybridized carbons (Fsp3) is 0.438. The second kappa shape index (κ2) is 10.3. The van der Waals surface area contributed by atoms with Gasteiger partial charge in [-0.1, -0.05) is 30.3 Å². The highest BCUT2D eigenvalue weighted by atomic mass is 16.6. The Morgan fingerprint density at radius 3 is 2.28 bits per heavy atom. The lowest BCUT2D eigenvalue weighted by Gasteiger charge is -2.23. The molecule has 25 heavy (non-hydrogen) atoms. The number of nitrogens with one attached hydrogen (secondary N) is 2. The van der Waals surface area contributed by atoms with Crippen LogP contribution >= 0.6 is 0 Å². The minimum atomic E-state index is -1.36. The summed E-state index contributed by atoms with van der Waals surface area (Å²) in [6, 6.07) is 7.61. The lowest BCUT2D eigenvalue weighted by molar-refractivity contribution is -0.157. The van der Waals surface area contributed by atoms with Crippen LogP contribution in [0.5, 0.6) is 0 Å². The summed E-state index contributed by atoms with van der Waals surface area (Å²) >= 11 is 0. The lowest BCUT2D eigenvalue weighted by atomic mass is 10.1. The van der Waals surface area contributed by atoms with Crippen LogP contribution in [0.2, 0.25) is 0 Å². The molecule has 3 N–H and O–H groups in total. The number of ether oxygens (including phenoxy) is 3. The molecule has 0 spiro atoms. The average Bonchev–Trinajstić information content (AvgIpc) is 2.62. The van der Waals surface area contributed by atoms with E-state index in [0.717, 1.165) is 12.7 Å². The minimum absolute atomic E-state index is 0.00365. The van der Waals surface area contributed by atoms with Crippen molar-refractivity contribution < 1.29 is 33.7 Å². The Hall–Kier alpha value is -2.65. The molecule has 0 fully saturated rings. The van der Waals surface area contributed by atoms with Gasteiger partial charge in [-0.3, -0.25) is 4.79 Å². The van der Waals surface area contributed by atoms with E-state index in [1.165, 1.54) is 14.0 Å². The third-order valence-corrected chi connectivity index (χ3v) is 3.18. The molecule has 0 saturated heterocycles. The van der Waals surface area contributed by atoms with E-state index >= 15 is 0 Å². The Labute approximate surface area is 145 Å². The first-order chi connectivity index (χ1) is 11.9. The molecule has 0 saturated carbocycles. The van der Waals surface area contributed by atoms with Crippen molar-refractivity contribution in [1.29, 1.82) is 0 Å². The zero-order valence-corrected chi connectivity index (χ0v) is 14.2. The molecule has 138 valence electrons. The van der Waals surface area contributed by atoms with Crippen molar-refractivity contribution in [3.05, 3.63) is 35.9 Å². The predicted octanol–water partition coefficient (Wildman–Crippen LogP) is -0.0761. The number of hydrogen-bond acceptors (Lipinski definition) is 7. The van der Waals surface area contributed by atoms with E-state index in [2.05, 4.69) is 15.4 Å². The Kier molecular flexibility index (Phi) is 8.37. The van der Waals surface area contributed by atoms with Gasteiger partial charge in [-0.2, -0.15) is 0 Å². The zero-order chi connectivity index (χ0) is 18.8. The minimum Gasteiger partial charge on any atom is -0.466 e. The molecule has 3 atom stereocenters. The van der Waals surface area contributed by atoms with Crippen molar-refractivity contribution in [3.8, 4) is 0 Å². The predicted molar refractivity (Wildman–Crippen MR) is 86.2 cm³/mol. The van der Waals surface area contributed by atoms with Crippen molar-refractivity contribution in [2.75, 3.05) is 14.2 Å². The van der Waals surface area contributed by atoms with E-state index in [0.29, 0.717) is 0 Å². The SMILES string of the molecule is COC(=O)[C@H](NC(=O)[C@@H](NC(=O)OCc1ccccc1)[C@H](C)O)OC. The summed E-state index contributed by atoms with van der Waals surface area (Å²) in [4.78, 5) is 35.4. The molecule has 0 aromatic heterocycles. The van der Waals surface area contributed by atoms with Crippen LogP contribution in [0.25, 0.3) is 0 Å². The second-order valence-corrected chi connectivity index (χ2v) is 5.07. The van der Waals surface area contributed by atoms with Crippen LogP contribution in [0.15, 0.2) is 30.3 Å². The summed E-state index contributed by atoms with van der Waals surface area (Å²) in [6.45, 7) is 1.31. The fourth-order valence-electron chi connectivity index (χ4n) is 1.84. The number of carbonyl (C=O) groups excluding carboxylic acids is 3. The second-order valence-electron chi connectivity index (χ2n) is 5.07. The van der Waals surface area contributed by atoms with Crippen LogP contribution in [0, 0.1) is 0 Å². The Morgan fingerprint density at radius 2 is 1.76 bits per heavy atom. The molecule has 1 rings (SSSR count). The van der Waals surface area contributed by atoms with Crippen LogP contribution in [0.4, 0.5) is 4.79 Å². The van der Waals surface area contributed by atoms with Gasteiger partial charge in [0, 0.05) is 7.11 Å². The molecule has 0 bridgehead atoms. The molecule has 0 radical (unpaired) electrons. The monoisotopic (exact) mass is 354 g/mol. The van der Waals surface area contributed by atoms with Gasteiger partial charge in [-0.15, -0.1) is 0 Å². The first-order valence-corrected chi connectivity index (χ1v) is 7.45. The molecule has 2 amide bonds. The average molecular weight is 354 g/mol. The first-order valence-electron chi connectivity index (χ1n) is 7.45. The van der Waals surface area contributed by atoms with Gasteiger partial charge in [0.05, 0.1) is 13.2 Å². The number of alkyl carbamates (subject to hydrolysis) is 1. The van der Waals surface area contributed by atoms with E-state index in [9.17, 15) is 19.5 Å². The van der Waals surface area contributed by atoms with Crippen molar-refractivity contribution in [2.45, 2.75) is 31.9 Å². The van der Waals surface area contributed by atoms with Crippen LogP contribution in [0.3, 0.4) is 0 Å². The highest BCUT2D eigenvalue weighted by Crippen LogP contribution is 2.02. The van der Waals surface area contributed by atoms with Gasteiger partial charge in [0.25, 0.3) is 0 Å². The standard InChI is InChI=1S/C16H22N2O7/c1-10(19)12(13(20)18-14(23-2)15(21)24-3)17-16(22)25-9-11-7-5-4-6-8-11/h4-8,10,12,14,19H,9H2,1-3H3,(H,17,22)(H,18,20)/t10-,12-,14+/m0/s1. The van der Waals surface area contributed by atoms with E-state index in [-0.39, 0.29) is 6.61 Å². The molecule has 0 aliphatic heterocycles. The molecular weight excluding hydrogens is 332 g/mol. The third-order valence-electron chi connectivity index (χ3n) is 3.18. The van der Waals surface area contributed by atoms with Crippen molar-refractivity contribution in [2.24, 2.45) is 0 Å². The maximum atomic E-state index is 12.2. The van der Waals surface area contributed by atoms with Gasteiger partial charge in [-0.25, -0.2) is 9.59 Å². The van der Waals surface area contributed by atoms with Gasteiger partial charge in [-0.05, 0) is 12.5 Å². The number of amides is 2. The van der Waals surface area contributed by atoms with Crippen LogP contribution in [-0.2, 0) is 30.4 Å². The number of aliphatic hydroxyl groups is 1. The quantitative estimate of drug-likeness (QED) is 0.441. The van der Waals surface area contributed by atoms with E-state index in [1.807, 2.05) is 6.07 Å². The summed E-state index contributed by atoms with van der Waals surface area (Å²) < 4.78 is 14.2. The largest absolute Gasteiger partial charge is 0.466 e. The summed E-state index contributed by atoms with van der Waals surface area (Å²) in [7, 11) is 2.33. The van der Waals surface area contributed by atoms with Gasteiger partial charge in [0.2, 0.25) is 12.1 Å². The Morgan fingerprint density at radius 1 is 1.12 bits per heavy atom. The summed E-state index contributed by atoms with van der Waals surface area (Å²) in [5, 5.41) is 14.2. The van der Waals surface area contributed by atoms with Crippen molar-refractivity contribution >= 4 is 18.0 Å². The summed E-state index contributed by atoms with van der Waals surface area (Å²) in [6.07, 6.45) is -3.49. The molecule has 1 aromatic carbocycles. The molecule has 0 unspecified atom stereocenters. The molecule has 9 heteroatoms. The third kappa shape index (κ3) is 6.77. The Balaban J connectivity index is 2.61. The summed E-state index contributed by atoms with van der Waals surface area (Å²) in [5.41, 5.74) is 0.765. The topological polar surface area (TPSA) is 123 Å². The molecule has 9 nitrogen and oxygen atoms in total. The van der Waals surface area contributed by atoms with E-state index in [1.54, 1.807) is 24.3 Å². The fourth-order valence-corrected chi connectivity index (χ4v) is 1.84. The number of benzene rings is 1.